The van der Waals surface area contributed by atoms with Crippen LogP contribution in [0.5, 0.6) is 5.06 Å². The Bertz CT molecular complexity index is 435. The maximum atomic E-state index is 11.4. The Morgan fingerprint density at radius 1 is 1.64 bits per heavy atom. The first kappa shape index (κ1) is 8.89. The van der Waals surface area contributed by atoms with E-state index in [9.17, 15) is 4.79 Å². The molecule has 0 atom stereocenters. The lowest BCUT2D eigenvalue weighted by Crippen LogP contribution is -2.08. The summed E-state index contributed by atoms with van der Waals surface area (Å²) in [5.41, 5.74) is 2.67. The van der Waals surface area contributed by atoms with E-state index in [0.29, 0.717) is 16.5 Å². The van der Waals surface area contributed by atoms with Crippen LogP contribution >= 0.6 is 11.3 Å². The Morgan fingerprint density at radius 2 is 2.50 bits per heavy atom. The average Bonchev–Trinajstić information content (AvgIpc) is 2.77. The second kappa shape index (κ2) is 3.59. The van der Waals surface area contributed by atoms with E-state index in [1.807, 2.05) is 0 Å². The second-order valence-corrected chi connectivity index (χ2v) is 3.40. The van der Waals surface area contributed by atoms with Crippen LogP contribution in [0.2, 0.25) is 0 Å². The summed E-state index contributed by atoms with van der Waals surface area (Å²) in [6.07, 6.45) is 2.84. The van der Waals surface area contributed by atoms with E-state index >= 15 is 0 Å². The van der Waals surface area contributed by atoms with Crippen molar-refractivity contribution in [1.82, 2.24) is 15.0 Å². The molecule has 0 radical (unpaired) electrons. The van der Waals surface area contributed by atoms with Crippen LogP contribution in [0.15, 0.2) is 18.0 Å². The number of hydrogen-bond acceptors (Lipinski definition) is 5. The zero-order valence-electron chi connectivity index (χ0n) is 7.35. The number of aromatic amines is 1. The number of carbonyl (C=O) groups excluding carboxylic acids is 1. The van der Waals surface area contributed by atoms with Crippen molar-refractivity contribution in [3.63, 3.8) is 0 Å². The topological polar surface area (TPSA) is 67.9 Å². The van der Waals surface area contributed by atoms with Crippen molar-refractivity contribution in [2.24, 2.45) is 0 Å². The van der Waals surface area contributed by atoms with Crippen molar-refractivity contribution < 1.29 is 9.53 Å². The van der Waals surface area contributed by atoms with Crippen LogP contribution in [0.25, 0.3) is 0 Å². The molecule has 72 valence electrons. The molecule has 0 saturated heterocycles. The number of nitrogens with zero attached hydrogens (tertiary/aromatic N) is 2. The van der Waals surface area contributed by atoms with Gasteiger partial charge in [0.05, 0.1) is 23.7 Å². The number of rotatable bonds is 2. The van der Waals surface area contributed by atoms with Gasteiger partial charge in [-0.05, 0) is 6.92 Å². The number of thiazole rings is 1. The van der Waals surface area contributed by atoms with E-state index in [-0.39, 0.29) is 0 Å². The molecule has 0 unspecified atom stereocenters. The van der Waals surface area contributed by atoms with Gasteiger partial charge >= 0.3 is 5.97 Å². The largest absolute Gasteiger partial charge is 0.409 e. The molecule has 0 aromatic carbocycles. The maximum Gasteiger partial charge on any atom is 0.362 e. The molecule has 2 heterocycles. The lowest BCUT2D eigenvalue weighted by molar-refractivity contribution is 0.0733. The summed E-state index contributed by atoms with van der Waals surface area (Å²) >= 11 is 1.29. The monoisotopic (exact) mass is 209 g/mol. The minimum Gasteiger partial charge on any atom is -0.409 e. The Morgan fingerprint density at radius 3 is 3.07 bits per heavy atom. The highest BCUT2D eigenvalue weighted by atomic mass is 32.1. The normalized spacial score (nSPS) is 10.1. The molecule has 6 heteroatoms. The van der Waals surface area contributed by atoms with Gasteiger partial charge in [0.25, 0.3) is 0 Å². The van der Waals surface area contributed by atoms with E-state index in [1.54, 1.807) is 12.4 Å². The number of hydrogen-bond donors (Lipinski definition) is 1. The molecule has 2 aromatic heterocycles. The van der Waals surface area contributed by atoms with Gasteiger partial charge in [0, 0.05) is 0 Å². The summed E-state index contributed by atoms with van der Waals surface area (Å²) in [6.45, 7) is 1.78. The van der Waals surface area contributed by atoms with Crippen molar-refractivity contribution in [2.75, 3.05) is 0 Å². The van der Waals surface area contributed by atoms with Crippen molar-refractivity contribution >= 4 is 17.3 Å². The van der Waals surface area contributed by atoms with Crippen molar-refractivity contribution in [3.05, 3.63) is 29.4 Å². The van der Waals surface area contributed by atoms with Gasteiger partial charge in [0.15, 0.2) is 0 Å². The molecule has 0 amide bonds. The molecule has 2 aromatic rings. The van der Waals surface area contributed by atoms with Gasteiger partial charge in [-0.15, -0.1) is 0 Å². The molecule has 0 fully saturated rings. The van der Waals surface area contributed by atoms with Crippen LogP contribution in [0.4, 0.5) is 0 Å². The molecule has 0 bridgehead atoms. The minimum absolute atomic E-state index is 0.331. The van der Waals surface area contributed by atoms with Gasteiger partial charge in [-0.25, -0.2) is 14.8 Å². The number of carbonyl (C=O) groups is 1. The van der Waals surface area contributed by atoms with E-state index in [0.717, 1.165) is 0 Å². The number of H-pyrrole nitrogens is 1. The van der Waals surface area contributed by atoms with Crippen molar-refractivity contribution in [3.8, 4) is 5.06 Å². The fourth-order valence-corrected chi connectivity index (χ4v) is 1.55. The highest BCUT2D eigenvalue weighted by Crippen LogP contribution is 2.22. The predicted molar refractivity (Wildman–Crippen MR) is 50.4 cm³/mol. The third-order valence-electron chi connectivity index (χ3n) is 1.61. The highest BCUT2D eigenvalue weighted by molar-refractivity contribution is 7.11. The quantitative estimate of drug-likeness (QED) is 0.759. The Labute approximate surface area is 83.8 Å². The second-order valence-electron chi connectivity index (χ2n) is 2.58. The zero-order chi connectivity index (χ0) is 9.97. The molecule has 5 nitrogen and oxygen atoms in total. The van der Waals surface area contributed by atoms with Gasteiger partial charge in [-0.1, -0.05) is 11.3 Å². The third kappa shape index (κ3) is 1.64. The lowest BCUT2D eigenvalue weighted by Gasteiger charge is -1.98. The molecular formula is C8H7N3O2S. The van der Waals surface area contributed by atoms with Crippen LogP contribution in [-0.4, -0.2) is 20.9 Å². The zero-order valence-corrected chi connectivity index (χ0v) is 8.17. The number of esters is 1. The smallest absolute Gasteiger partial charge is 0.362 e. The summed E-state index contributed by atoms with van der Waals surface area (Å²) in [5.74, 6) is -0.449. The van der Waals surface area contributed by atoms with E-state index < -0.39 is 5.97 Å². The van der Waals surface area contributed by atoms with E-state index in [1.165, 1.54) is 23.9 Å². The van der Waals surface area contributed by atoms with Gasteiger partial charge in [0.2, 0.25) is 5.06 Å². The summed E-state index contributed by atoms with van der Waals surface area (Å²) in [4.78, 5) is 21.8. The van der Waals surface area contributed by atoms with E-state index in [2.05, 4.69) is 15.0 Å². The Balaban J connectivity index is 2.13. The molecule has 2 rings (SSSR count). The maximum absolute atomic E-state index is 11.4. The van der Waals surface area contributed by atoms with Crippen molar-refractivity contribution in [1.29, 1.82) is 0 Å². The number of aryl methyl sites for hydroxylation is 1. The standard InChI is InChI=1S/C8H7N3O2S/c1-5-8(14-4-11-5)13-7(12)6-2-9-3-10-6/h2-4H,1H3,(H,9,10). The molecule has 1 N–H and O–H groups in total. The first-order chi connectivity index (χ1) is 6.77. The lowest BCUT2D eigenvalue weighted by atomic mass is 10.5. The van der Waals surface area contributed by atoms with Crippen LogP contribution in [0.3, 0.4) is 0 Å². The first-order valence-electron chi connectivity index (χ1n) is 3.88. The highest BCUT2D eigenvalue weighted by Gasteiger charge is 2.12. The Hall–Kier alpha value is -1.69. The molecule has 0 aliphatic heterocycles. The summed E-state index contributed by atoms with van der Waals surface area (Å²) in [7, 11) is 0. The van der Waals surface area contributed by atoms with Crippen LogP contribution in [-0.2, 0) is 0 Å². The van der Waals surface area contributed by atoms with Crippen LogP contribution in [0, 0.1) is 6.92 Å². The number of nitrogens with one attached hydrogen (secondary N) is 1. The summed E-state index contributed by atoms with van der Waals surface area (Å²) in [5, 5.41) is 0.518. The average molecular weight is 209 g/mol. The molecular weight excluding hydrogens is 202 g/mol. The molecule has 0 spiro atoms. The number of ether oxygens (including phenoxy) is 1. The van der Waals surface area contributed by atoms with Gasteiger partial charge in [-0.2, -0.15) is 0 Å². The number of aromatic nitrogens is 3. The summed E-state index contributed by atoms with van der Waals surface area (Å²) < 4.78 is 5.08. The predicted octanol–water partition coefficient (Wildman–Crippen LogP) is 1.39. The van der Waals surface area contributed by atoms with Gasteiger partial charge in [0.1, 0.15) is 5.69 Å². The third-order valence-corrected chi connectivity index (χ3v) is 2.41. The Kier molecular flexibility index (Phi) is 2.28. The van der Waals surface area contributed by atoms with Crippen molar-refractivity contribution in [2.45, 2.75) is 6.92 Å². The van der Waals surface area contributed by atoms with E-state index in [4.69, 9.17) is 4.74 Å². The van der Waals surface area contributed by atoms with Gasteiger partial charge in [-0.3, -0.25) is 0 Å². The fourth-order valence-electron chi connectivity index (χ4n) is 0.896. The van der Waals surface area contributed by atoms with Gasteiger partial charge < -0.3 is 9.72 Å². The molecule has 0 saturated carbocycles. The summed E-state index contributed by atoms with van der Waals surface area (Å²) in [6, 6.07) is 0. The van der Waals surface area contributed by atoms with Crippen LogP contribution < -0.4 is 4.74 Å². The SMILES string of the molecule is Cc1ncsc1OC(=O)c1cnc[nH]1. The molecule has 0 aliphatic carbocycles. The molecule has 0 aliphatic rings. The first-order valence-corrected chi connectivity index (χ1v) is 4.76. The van der Waals surface area contributed by atoms with Crippen LogP contribution in [0.1, 0.15) is 16.2 Å². The number of imidazole rings is 1. The minimum atomic E-state index is -0.449. The molecule has 14 heavy (non-hydrogen) atoms. The fraction of sp³-hybridized carbons (Fsp3) is 0.125.